The molecule has 0 aromatic heterocycles. The molecule has 0 spiro atoms. The van der Waals surface area contributed by atoms with E-state index in [1.807, 2.05) is 0 Å². The van der Waals surface area contributed by atoms with Crippen LogP contribution in [0.15, 0.2) is 42.2 Å². The zero-order chi connectivity index (χ0) is 15.4. The van der Waals surface area contributed by atoms with Crippen LogP contribution in [0.1, 0.15) is 77.6 Å². The summed E-state index contributed by atoms with van der Waals surface area (Å²) in [5.41, 5.74) is 3.18. The Labute approximate surface area is 141 Å². The standard InChI is InChI=1S/C20H33Br/c1-2-3-4-5-6-7-8-9-10-11-12-13-14-15-16-17-18-19-20-21/h10-11,13-14,16,18H,2-9,12,15,19-20H2,1H3/b11-10-,14-13-. The summed E-state index contributed by atoms with van der Waals surface area (Å²) in [7, 11) is 0. The zero-order valence-electron chi connectivity index (χ0n) is 13.8. The summed E-state index contributed by atoms with van der Waals surface area (Å²) in [6, 6.07) is 0. The average molecular weight is 353 g/mol. The normalized spacial score (nSPS) is 11.1. The molecule has 0 aliphatic carbocycles. The number of alkyl halides is 1. The fourth-order valence-corrected chi connectivity index (χ4v) is 2.29. The lowest BCUT2D eigenvalue weighted by atomic mass is 10.1. The molecule has 0 fully saturated rings. The van der Waals surface area contributed by atoms with Crippen molar-refractivity contribution in [2.75, 3.05) is 5.33 Å². The second-order valence-electron chi connectivity index (χ2n) is 5.38. The zero-order valence-corrected chi connectivity index (χ0v) is 15.4. The first-order valence-electron chi connectivity index (χ1n) is 8.67. The predicted molar refractivity (Wildman–Crippen MR) is 101 cm³/mol. The third kappa shape index (κ3) is 19.5. The van der Waals surface area contributed by atoms with E-state index in [9.17, 15) is 0 Å². The fourth-order valence-electron chi connectivity index (χ4n) is 2.06. The van der Waals surface area contributed by atoms with Gasteiger partial charge in [0.25, 0.3) is 0 Å². The molecule has 0 bridgehead atoms. The first-order valence-corrected chi connectivity index (χ1v) is 9.79. The predicted octanol–water partition coefficient (Wildman–Crippen LogP) is 7.52. The van der Waals surface area contributed by atoms with Gasteiger partial charge in [0.05, 0.1) is 0 Å². The molecule has 0 rings (SSSR count). The van der Waals surface area contributed by atoms with E-state index >= 15 is 0 Å². The van der Waals surface area contributed by atoms with Crippen LogP contribution in [0.4, 0.5) is 0 Å². The van der Waals surface area contributed by atoms with Crippen LogP contribution in [0.2, 0.25) is 0 Å². The highest BCUT2D eigenvalue weighted by Gasteiger charge is 1.88. The number of halogens is 1. The molecule has 0 N–H and O–H groups in total. The van der Waals surface area contributed by atoms with Crippen molar-refractivity contribution < 1.29 is 0 Å². The van der Waals surface area contributed by atoms with E-state index in [0.717, 1.165) is 24.6 Å². The average Bonchev–Trinajstić information content (AvgIpc) is 2.50. The maximum absolute atomic E-state index is 3.39. The van der Waals surface area contributed by atoms with Gasteiger partial charge in [-0.15, -0.1) is 5.73 Å². The Hall–Kier alpha value is -0.520. The van der Waals surface area contributed by atoms with Crippen molar-refractivity contribution in [3.05, 3.63) is 42.2 Å². The molecule has 0 radical (unpaired) electrons. The van der Waals surface area contributed by atoms with Crippen LogP contribution in [0.25, 0.3) is 0 Å². The Bertz CT molecular complexity index is 306. The highest BCUT2D eigenvalue weighted by Crippen LogP contribution is 2.08. The second-order valence-corrected chi connectivity index (χ2v) is 6.17. The van der Waals surface area contributed by atoms with E-state index in [2.05, 4.69) is 65.0 Å². The molecule has 0 heterocycles. The Morgan fingerprint density at radius 2 is 1.38 bits per heavy atom. The minimum atomic E-state index is 0.990. The molecule has 0 atom stereocenters. The summed E-state index contributed by atoms with van der Waals surface area (Å²) >= 11 is 3.39. The van der Waals surface area contributed by atoms with Gasteiger partial charge in [-0.25, -0.2) is 0 Å². The fraction of sp³-hybridized carbons (Fsp3) is 0.650. The summed E-state index contributed by atoms with van der Waals surface area (Å²) in [5, 5.41) is 1.02. The van der Waals surface area contributed by atoms with Crippen molar-refractivity contribution in [1.29, 1.82) is 0 Å². The summed E-state index contributed by atoms with van der Waals surface area (Å²) < 4.78 is 0. The Morgan fingerprint density at radius 1 is 0.714 bits per heavy atom. The van der Waals surface area contributed by atoms with Crippen molar-refractivity contribution in [2.45, 2.75) is 77.6 Å². The molecular weight excluding hydrogens is 320 g/mol. The highest BCUT2D eigenvalue weighted by atomic mass is 79.9. The molecule has 120 valence electrons. The lowest BCUT2D eigenvalue weighted by Crippen LogP contribution is -1.78. The molecule has 0 saturated carbocycles. The topological polar surface area (TPSA) is 0 Å². The van der Waals surface area contributed by atoms with Crippen molar-refractivity contribution >= 4 is 15.9 Å². The number of hydrogen-bond acceptors (Lipinski definition) is 0. The van der Waals surface area contributed by atoms with Gasteiger partial charge in [-0.05, 0) is 44.3 Å². The lowest BCUT2D eigenvalue weighted by Gasteiger charge is -1.98. The first-order chi connectivity index (χ1) is 10.4. The van der Waals surface area contributed by atoms with Gasteiger partial charge in [0.15, 0.2) is 0 Å². The first kappa shape index (κ1) is 20.5. The van der Waals surface area contributed by atoms with Gasteiger partial charge >= 0.3 is 0 Å². The van der Waals surface area contributed by atoms with Gasteiger partial charge in [0.1, 0.15) is 0 Å². The Kier molecular flexibility index (Phi) is 19.0. The van der Waals surface area contributed by atoms with E-state index in [1.165, 1.54) is 51.4 Å². The van der Waals surface area contributed by atoms with Crippen LogP contribution in [0.5, 0.6) is 0 Å². The molecule has 0 aliphatic heterocycles. The van der Waals surface area contributed by atoms with Crippen LogP contribution in [0, 0.1) is 0 Å². The molecular formula is C20H33Br. The van der Waals surface area contributed by atoms with Gasteiger partial charge in [-0.2, -0.15) is 0 Å². The van der Waals surface area contributed by atoms with E-state index < -0.39 is 0 Å². The van der Waals surface area contributed by atoms with Crippen molar-refractivity contribution in [1.82, 2.24) is 0 Å². The molecule has 1 heteroatoms. The van der Waals surface area contributed by atoms with Gasteiger partial charge < -0.3 is 0 Å². The van der Waals surface area contributed by atoms with Crippen LogP contribution >= 0.6 is 15.9 Å². The third-order valence-corrected chi connectivity index (χ3v) is 3.78. The number of allylic oxidation sites excluding steroid dienone is 5. The number of rotatable bonds is 14. The molecule has 0 aliphatic rings. The van der Waals surface area contributed by atoms with Crippen molar-refractivity contribution in [2.24, 2.45) is 0 Å². The van der Waals surface area contributed by atoms with Crippen LogP contribution in [-0.4, -0.2) is 5.33 Å². The van der Waals surface area contributed by atoms with Gasteiger partial charge in [-0.3, -0.25) is 0 Å². The summed E-state index contributed by atoms with van der Waals surface area (Å²) in [4.78, 5) is 0. The summed E-state index contributed by atoms with van der Waals surface area (Å²) in [5.74, 6) is 0. The van der Waals surface area contributed by atoms with Gasteiger partial charge in [-0.1, -0.05) is 85.7 Å². The molecule has 0 saturated heterocycles. The minimum Gasteiger partial charge on any atom is -0.129 e. The Morgan fingerprint density at radius 3 is 2.14 bits per heavy atom. The van der Waals surface area contributed by atoms with Gasteiger partial charge in [0.2, 0.25) is 0 Å². The molecule has 0 aromatic carbocycles. The number of hydrogen-bond donors (Lipinski definition) is 0. The van der Waals surface area contributed by atoms with Crippen LogP contribution < -0.4 is 0 Å². The second kappa shape index (κ2) is 19.5. The van der Waals surface area contributed by atoms with E-state index in [-0.39, 0.29) is 0 Å². The quantitative estimate of drug-likeness (QED) is 0.131. The molecule has 0 unspecified atom stereocenters. The van der Waals surface area contributed by atoms with E-state index in [1.54, 1.807) is 0 Å². The highest BCUT2D eigenvalue weighted by molar-refractivity contribution is 9.09. The lowest BCUT2D eigenvalue weighted by molar-refractivity contribution is 0.592. The Balaban J connectivity index is 3.30. The van der Waals surface area contributed by atoms with Crippen molar-refractivity contribution in [3.8, 4) is 0 Å². The molecule has 0 nitrogen and oxygen atoms in total. The number of unbranched alkanes of at least 4 members (excludes halogenated alkanes) is 7. The van der Waals surface area contributed by atoms with Crippen molar-refractivity contribution in [3.63, 3.8) is 0 Å². The maximum atomic E-state index is 3.39. The largest absolute Gasteiger partial charge is 0.129 e. The van der Waals surface area contributed by atoms with Crippen LogP contribution in [-0.2, 0) is 0 Å². The minimum absolute atomic E-state index is 0.990. The summed E-state index contributed by atoms with van der Waals surface area (Å²) in [6.45, 7) is 2.27. The molecule has 0 aromatic rings. The van der Waals surface area contributed by atoms with E-state index in [4.69, 9.17) is 0 Å². The van der Waals surface area contributed by atoms with Crippen LogP contribution in [0.3, 0.4) is 0 Å². The smallest absolute Gasteiger partial charge is 0.00719 e. The van der Waals surface area contributed by atoms with Gasteiger partial charge in [0, 0.05) is 5.33 Å². The van der Waals surface area contributed by atoms with E-state index in [0.29, 0.717) is 0 Å². The monoisotopic (exact) mass is 352 g/mol. The molecule has 21 heavy (non-hydrogen) atoms. The third-order valence-electron chi connectivity index (χ3n) is 3.32. The summed E-state index contributed by atoms with van der Waals surface area (Å²) in [6.07, 6.45) is 27.4. The SMILES string of the molecule is CCCCCCCCC/C=C\C/C=C\CC=C=CCCBr. The molecule has 0 amide bonds. The maximum Gasteiger partial charge on any atom is 0.00719 e.